The van der Waals surface area contributed by atoms with Crippen LogP contribution in [-0.4, -0.2) is 56.4 Å². The van der Waals surface area contributed by atoms with Crippen molar-refractivity contribution in [2.75, 3.05) is 6.61 Å². The van der Waals surface area contributed by atoms with Crippen molar-refractivity contribution in [1.29, 1.82) is 0 Å². The quantitative estimate of drug-likeness (QED) is 0.207. The van der Waals surface area contributed by atoms with E-state index in [2.05, 4.69) is 31.2 Å². The van der Waals surface area contributed by atoms with E-state index in [1.807, 2.05) is 6.08 Å². The highest BCUT2D eigenvalue weighted by atomic mass is 16.4. The van der Waals surface area contributed by atoms with Crippen molar-refractivity contribution in [3.8, 4) is 0 Å². The van der Waals surface area contributed by atoms with Crippen LogP contribution >= 0.6 is 0 Å². The van der Waals surface area contributed by atoms with Crippen LogP contribution in [0.3, 0.4) is 0 Å². The molecule has 6 nitrogen and oxygen atoms in total. The van der Waals surface area contributed by atoms with Gasteiger partial charge in [0, 0.05) is 6.42 Å². The van der Waals surface area contributed by atoms with Crippen molar-refractivity contribution < 1.29 is 30.3 Å². The number of aliphatic hydroxyl groups excluding tert-OH is 4. The molecule has 0 radical (unpaired) electrons. The number of hydrogen-bond donors (Lipinski definition) is 5. The van der Waals surface area contributed by atoms with E-state index in [0.29, 0.717) is 25.2 Å². The molecule has 0 saturated heterocycles. The number of aliphatic carboxylic acids is 1. The maximum absolute atomic E-state index is 10.9. The summed E-state index contributed by atoms with van der Waals surface area (Å²) in [5.74, 6) is -0.378. The maximum Gasteiger partial charge on any atom is 0.303 e. The second-order valence-electron chi connectivity index (χ2n) is 10.6. The number of carboxylic acid groups (broad SMARTS) is 1. The number of hydrogen-bond acceptors (Lipinski definition) is 5. The van der Waals surface area contributed by atoms with Crippen molar-refractivity contribution in [2.45, 2.75) is 115 Å². The minimum atomic E-state index is -0.948. The summed E-state index contributed by atoms with van der Waals surface area (Å²) in [6.07, 6.45) is 11.8. The molecule has 0 saturated carbocycles. The van der Waals surface area contributed by atoms with Crippen LogP contribution in [0.1, 0.15) is 95.1 Å². The van der Waals surface area contributed by atoms with E-state index < -0.39 is 24.3 Å². The summed E-state index contributed by atoms with van der Waals surface area (Å²) in [5.41, 5.74) is 4.82. The SMILES string of the molecule is CCCCC(O)C(O)C=CC1=C(CC(O)CO)CC(CCCCCC(=O)O)CCc2ccccc2CC1. The summed E-state index contributed by atoms with van der Waals surface area (Å²) in [4.78, 5) is 10.9. The first-order valence-electron chi connectivity index (χ1n) is 14.2. The highest BCUT2D eigenvalue weighted by Crippen LogP contribution is 2.32. The van der Waals surface area contributed by atoms with E-state index in [1.54, 1.807) is 6.08 Å². The van der Waals surface area contributed by atoms with E-state index in [0.717, 1.165) is 75.4 Å². The standard InChI is InChI=1S/C31H48O6/c1-2-3-12-29(34)30(35)19-18-26-17-16-25-11-8-7-10-24(25)15-14-23(9-5-4-6-13-31(36)37)20-27(26)21-28(33)22-32/h7-8,10-11,18-19,23,28-30,32-35H,2-6,9,12-17,20-22H2,1H3,(H,36,37). The van der Waals surface area contributed by atoms with Crippen molar-refractivity contribution in [3.63, 3.8) is 0 Å². The molecule has 4 unspecified atom stereocenters. The highest BCUT2D eigenvalue weighted by Gasteiger charge is 2.20. The second kappa shape index (κ2) is 17.5. The van der Waals surface area contributed by atoms with Crippen molar-refractivity contribution in [3.05, 3.63) is 58.7 Å². The third-order valence-electron chi connectivity index (χ3n) is 7.53. The molecule has 0 aromatic heterocycles. The van der Waals surface area contributed by atoms with Crippen LogP contribution in [0.4, 0.5) is 0 Å². The molecule has 208 valence electrons. The number of aryl methyl sites for hydroxylation is 2. The molecule has 1 aromatic carbocycles. The van der Waals surface area contributed by atoms with Gasteiger partial charge in [-0.05, 0) is 74.0 Å². The summed E-state index contributed by atoms with van der Waals surface area (Å²) in [6, 6.07) is 8.52. The summed E-state index contributed by atoms with van der Waals surface area (Å²) >= 11 is 0. The first kappa shape index (κ1) is 31.2. The largest absolute Gasteiger partial charge is 0.481 e. The molecular weight excluding hydrogens is 468 g/mol. The Labute approximate surface area is 222 Å². The van der Waals surface area contributed by atoms with Gasteiger partial charge in [-0.2, -0.15) is 0 Å². The molecule has 2 rings (SSSR count). The van der Waals surface area contributed by atoms with Gasteiger partial charge in [0.15, 0.2) is 0 Å². The van der Waals surface area contributed by atoms with E-state index >= 15 is 0 Å². The number of rotatable bonds is 15. The number of benzene rings is 1. The van der Waals surface area contributed by atoms with Gasteiger partial charge in [0.05, 0.1) is 24.9 Å². The number of unbranched alkanes of at least 4 members (excludes halogenated alkanes) is 3. The zero-order valence-electron chi connectivity index (χ0n) is 22.5. The molecule has 0 fully saturated rings. The number of carbonyl (C=O) groups is 1. The first-order valence-corrected chi connectivity index (χ1v) is 14.2. The van der Waals surface area contributed by atoms with E-state index in [1.165, 1.54) is 11.1 Å². The maximum atomic E-state index is 10.9. The lowest BCUT2D eigenvalue weighted by molar-refractivity contribution is -0.137. The molecule has 0 spiro atoms. The van der Waals surface area contributed by atoms with Crippen LogP contribution in [0.25, 0.3) is 0 Å². The zero-order chi connectivity index (χ0) is 27.0. The molecule has 1 aliphatic rings. The lowest BCUT2D eigenvalue weighted by Crippen LogP contribution is -2.23. The third-order valence-corrected chi connectivity index (χ3v) is 7.53. The molecule has 5 N–H and O–H groups in total. The summed E-state index contributed by atoms with van der Waals surface area (Å²) in [5, 5.41) is 49.7. The molecule has 0 heterocycles. The molecule has 37 heavy (non-hydrogen) atoms. The van der Waals surface area contributed by atoms with Gasteiger partial charge in [-0.3, -0.25) is 4.79 Å². The minimum absolute atomic E-state index is 0.202. The Balaban J connectivity index is 2.31. The van der Waals surface area contributed by atoms with Gasteiger partial charge in [-0.1, -0.05) is 81.0 Å². The molecule has 1 aliphatic carbocycles. The van der Waals surface area contributed by atoms with E-state index in [4.69, 9.17) is 5.11 Å². The Bertz CT molecular complexity index is 861. The Morgan fingerprint density at radius 3 is 2.43 bits per heavy atom. The Morgan fingerprint density at radius 2 is 1.76 bits per heavy atom. The van der Waals surface area contributed by atoms with Gasteiger partial charge in [0.2, 0.25) is 0 Å². The van der Waals surface area contributed by atoms with Gasteiger partial charge < -0.3 is 25.5 Å². The molecule has 0 bridgehead atoms. The van der Waals surface area contributed by atoms with Crippen LogP contribution in [0, 0.1) is 5.92 Å². The summed E-state index contributed by atoms with van der Waals surface area (Å²) in [6.45, 7) is 1.75. The van der Waals surface area contributed by atoms with Crippen LogP contribution < -0.4 is 0 Å². The van der Waals surface area contributed by atoms with Crippen molar-refractivity contribution in [1.82, 2.24) is 0 Å². The monoisotopic (exact) mass is 516 g/mol. The average Bonchev–Trinajstić information content (AvgIpc) is 2.89. The Hall–Kier alpha value is -1.99. The zero-order valence-corrected chi connectivity index (χ0v) is 22.5. The molecule has 4 atom stereocenters. The lowest BCUT2D eigenvalue weighted by Gasteiger charge is -2.25. The van der Waals surface area contributed by atoms with Crippen molar-refractivity contribution in [2.24, 2.45) is 5.92 Å². The number of fused-ring (bicyclic) bond motifs is 1. The number of allylic oxidation sites excluding steroid dienone is 2. The molecule has 0 amide bonds. The van der Waals surface area contributed by atoms with Crippen LogP contribution in [0.5, 0.6) is 0 Å². The predicted octanol–water partition coefficient (Wildman–Crippen LogP) is 5.11. The molecule has 1 aromatic rings. The predicted molar refractivity (Wildman–Crippen MR) is 147 cm³/mol. The highest BCUT2D eigenvalue weighted by molar-refractivity contribution is 5.66. The fourth-order valence-corrected chi connectivity index (χ4v) is 5.26. The Morgan fingerprint density at radius 1 is 1.03 bits per heavy atom. The number of aliphatic hydroxyl groups is 4. The summed E-state index contributed by atoms with van der Waals surface area (Å²) < 4.78 is 0. The van der Waals surface area contributed by atoms with Crippen molar-refractivity contribution >= 4 is 5.97 Å². The molecule has 0 aliphatic heterocycles. The van der Waals surface area contributed by atoms with E-state index in [-0.39, 0.29) is 13.0 Å². The van der Waals surface area contributed by atoms with Gasteiger partial charge >= 0.3 is 5.97 Å². The smallest absolute Gasteiger partial charge is 0.303 e. The van der Waals surface area contributed by atoms with Gasteiger partial charge in [-0.15, -0.1) is 0 Å². The second-order valence-corrected chi connectivity index (χ2v) is 10.6. The van der Waals surface area contributed by atoms with Crippen LogP contribution in [0.15, 0.2) is 47.6 Å². The third kappa shape index (κ3) is 11.9. The summed E-state index contributed by atoms with van der Waals surface area (Å²) in [7, 11) is 0. The first-order chi connectivity index (χ1) is 17.8. The lowest BCUT2D eigenvalue weighted by atomic mass is 9.81. The van der Waals surface area contributed by atoms with Gasteiger partial charge in [0.1, 0.15) is 0 Å². The molecule has 6 heteroatoms. The number of carboxylic acids is 1. The average molecular weight is 517 g/mol. The van der Waals surface area contributed by atoms with Gasteiger partial charge in [0.25, 0.3) is 0 Å². The van der Waals surface area contributed by atoms with E-state index in [9.17, 15) is 25.2 Å². The fraction of sp³-hybridized carbons (Fsp3) is 0.645. The van der Waals surface area contributed by atoms with Crippen LogP contribution in [-0.2, 0) is 17.6 Å². The fourth-order valence-electron chi connectivity index (χ4n) is 5.26. The van der Waals surface area contributed by atoms with Crippen LogP contribution in [0.2, 0.25) is 0 Å². The Kier molecular flexibility index (Phi) is 14.8. The van der Waals surface area contributed by atoms with Gasteiger partial charge in [-0.25, -0.2) is 0 Å². The normalized spacial score (nSPS) is 19.4. The molecular formula is C31H48O6. The minimum Gasteiger partial charge on any atom is -0.481 e. The topological polar surface area (TPSA) is 118 Å².